The largest absolute Gasteiger partial charge is 0.573 e. The molecule has 0 spiro atoms. The van der Waals surface area contributed by atoms with E-state index in [1.165, 1.54) is 24.4 Å². The van der Waals surface area contributed by atoms with Gasteiger partial charge >= 0.3 is 6.36 Å². The lowest BCUT2D eigenvalue weighted by Crippen LogP contribution is -2.35. The first-order valence-electron chi connectivity index (χ1n) is 8.82. The molecule has 156 valence electrons. The molecule has 30 heavy (non-hydrogen) atoms. The van der Waals surface area contributed by atoms with E-state index >= 15 is 0 Å². The second-order valence-corrected chi connectivity index (χ2v) is 6.33. The van der Waals surface area contributed by atoms with Crippen molar-refractivity contribution in [3.8, 4) is 28.4 Å². The van der Waals surface area contributed by atoms with Crippen molar-refractivity contribution in [3.05, 3.63) is 60.6 Å². The number of nitrogens with one attached hydrogen (secondary N) is 1. The van der Waals surface area contributed by atoms with Gasteiger partial charge in [0.2, 0.25) is 0 Å². The lowest BCUT2D eigenvalue weighted by molar-refractivity contribution is -0.274. The van der Waals surface area contributed by atoms with E-state index in [4.69, 9.17) is 5.11 Å². The van der Waals surface area contributed by atoms with Crippen molar-refractivity contribution >= 4 is 5.91 Å². The molecule has 0 bridgehead atoms. The van der Waals surface area contributed by atoms with Gasteiger partial charge in [0.25, 0.3) is 5.91 Å². The molecule has 3 rings (SSSR count). The highest BCUT2D eigenvalue weighted by Crippen LogP contribution is 2.27. The zero-order chi connectivity index (χ0) is 21.7. The minimum absolute atomic E-state index is 0.0368. The molecule has 0 aliphatic rings. The van der Waals surface area contributed by atoms with Gasteiger partial charge in [0.1, 0.15) is 11.4 Å². The van der Waals surface area contributed by atoms with E-state index in [0.717, 1.165) is 12.1 Å². The number of hydrogen-bond donors (Lipinski definition) is 2. The molecule has 0 saturated heterocycles. The third-order valence-electron chi connectivity index (χ3n) is 3.91. The van der Waals surface area contributed by atoms with Crippen LogP contribution in [-0.4, -0.2) is 45.0 Å². The fraction of sp³-hybridized carbons (Fsp3) is 0.200. The lowest BCUT2D eigenvalue weighted by atomic mass is 10.1. The summed E-state index contributed by atoms with van der Waals surface area (Å²) in [6.45, 7) is 1.38. The van der Waals surface area contributed by atoms with Crippen LogP contribution >= 0.6 is 0 Å². The number of aliphatic hydroxyl groups excluding tert-OH is 1. The summed E-state index contributed by atoms with van der Waals surface area (Å²) in [5, 5.41) is 11.8. The van der Waals surface area contributed by atoms with Gasteiger partial charge in [-0.05, 0) is 49.4 Å². The van der Waals surface area contributed by atoms with Crippen molar-refractivity contribution in [1.29, 1.82) is 0 Å². The van der Waals surface area contributed by atoms with Crippen molar-refractivity contribution in [3.63, 3.8) is 0 Å². The number of benzene rings is 1. The Hall–Kier alpha value is -3.53. The Morgan fingerprint density at radius 1 is 1.17 bits per heavy atom. The van der Waals surface area contributed by atoms with Gasteiger partial charge in [-0.3, -0.25) is 9.78 Å². The summed E-state index contributed by atoms with van der Waals surface area (Å²) in [5.41, 5.74) is 1.38. The maximum atomic E-state index is 12.5. The smallest absolute Gasteiger partial charge is 0.406 e. The number of aromatic nitrogens is 3. The van der Waals surface area contributed by atoms with Gasteiger partial charge in [-0.25, -0.2) is 9.97 Å². The Balaban J connectivity index is 2.00. The molecule has 0 fully saturated rings. The quantitative estimate of drug-likeness (QED) is 0.638. The molecule has 2 heterocycles. The van der Waals surface area contributed by atoms with E-state index in [1.807, 2.05) is 0 Å². The van der Waals surface area contributed by atoms with Crippen molar-refractivity contribution in [2.45, 2.75) is 19.3 Å². The monoisotopic (exact) mass is 418 g/mol. The van der Waals surface area contributed by atoms with Gasteiger partial charge in [-0.2, -0.15) is 0 Å². The number of rotatable bonds is 6. The van der Waals surface area contributed by atoms with E-state index in [-0.39, 0.29) is 23.9 Å². The van der Waals surface area contributed by atoms with Gasteiger partial charge in [0.15, 0.2) is 5.82 Å². The standard InChI is InChI=1S/C20H17F3N4O3/c1-12(11-28)25-19(29)17-9-16(26-18(27-17)14-3-2-8-24-10-14)13-4-6-15(7-5-13)30-20(21,22)23/h2-10,12,28H,11H2,1H3,(H,25,29)/t12-/m1/s1. The molecule has 0 radical (unpaired) electrons. The number of carbonyl (C=O) groups is 1. The molecular weight excluding hydrogens is 401 g/mol. The Kier molecular flexibility index (Phi) is 6.26. The Morgan fingerprint density at radius 3 is 2.50 bits per heavy atom. The van der Waals surface area contributed by atoms with E-state index in [1.54, 1.807) is 25.3 Å². The number of hydrogen-bond acceptors (Lipinski definition) is 6. The number of ether oxygens (including phenoxy) is 1. The summed E-state index contributed by atoms with van der Waals surface area (Å²) >= 11 is 0. The predicted molar refractivity (Wildman–Crippen MR) is 101 cm³/mol. The Labute approximate surface area is 169 Å². The first kappa shape index (κ1) is 21.2. The zero-order valence-corrected chi connectivity index (χ0v) is 15.7. The molecule has 2 aromatic heterocycles. The highest BCUT2D eigenvalue weighted by atomic mass is 19.4. The van der Waals surface area contributed by atoms with Crippen molar-refractivity contribution in [1.82, 2.24) is 20.3 Å². The van der Waals surface area contributed by atoms with Gasteiger partial charge in [0, 0.05) is 29.6 Å². The first-order chi connectivity index (χ1) is 14.2. The van der Waals surface area contributed by atoms with Crippen LogP contribution in [0.1, 0.15) is 17.4 Å². The summed E-state index contributed by atoms with van der Waals surface area (Å²) in [6, 6.07) is 9.43. The van der Waals surface area contributed by atoms with Crippen LogP contribution in [0.2, 0.25) is 0 Å². The molecule has 0 aliphatic heterocycles. The predicted octanol–water partition coefficient (Wildman–Crippen LogP) is 3.21. The highest BCUT2D eigenvalue weighted by Gasteiger charge is 2.31. The molecule has 0 saturated carbocycles. The van der Waals surface area contributed by atoms with Gasteiger partial charge < -0.3 is 15.2 Å². The van der Waals surface area contributed by atoms with Gasteiger partial charge in [-0.1, -0.05) is 0 Å². The summed E-state index contributed by atoms with van der Waals surface area (Å²) in [6.07, 6.45) is -1.70. The van der Waals surface area contributed by atoms with Crippen LogP contribution in [0.3, 0.4) is 0 Å². The van der Waals surface area contributed by atoms with Crippen LogP contribution < -0.4 is 10.1 Å². The van der Waals surface area contributed by atoms with E-state index in [2.05, 4.69) is 25.0 Å². The van der Waals surface area contributed by atoms with Crippen molar-refractivity contribution < 1.29 is 27.8 Å². The molecule has 3 aromatic rings. The molecule has 7 nitrogen and oxygen atoms in total. The number of nitrogens with zero attached hydrogens (tertiary/aromatic N) is 3. The molecule has 0 unspecified atom stereocenters. The van der Waals surface area contributed by atoms with E-state index in [0.29, 0.717) is 16.8 Å². The van der Waals surface area contributed by atoms with E-state index in [9.17, 15) is 18.0 Å². The maximum Gasteiger partial charge on any atom is 0.573 e. The molecule has 0 aliphatic carbocycles. The normalized spacial score (nSPS) is 12.3. The lowest BCUT2D eigenvalue weighted by Gasteiger charge is -2.13. The van der Waals surface area contributed by atoms with Crippen LogP contribution in [0.15, 0.2) is 54.9 Å². The van der Waals surface area contributed by atoms with Crippen LogP contribution in [0.5, 0.6) is 5.75 Å². The van der Waals surface area contributed by atoms with Gasteiger partial charge in [-0.15, -0.1) is 13.2 Å². The fourth-order valence-electron chi connectivity index (χ4n) is 2.51. The Morgan fingerprint density at radius 2 is 1.90 bits per heavy atom. The van der Waals surface area contributed by atoms with Gasteiger partial charge in [0.05, 0.1) is 12.3 Å². The molecule has 1 aromatic carbocycles. The summed E-state index contributed by atoms with van der Waals surface area (Å²) in [7, 11) is 0. The number of alkyl halides is 3. The second-order valence-electron chi connectivity index (χ2n) is 6.33. The molecular formula is C20H17F3N4O3. The summed E-state index contributed by atoms with van der Waals surface area (Å²) in [5.74, 6) is -0.678. The minimum atomic E-state index is -4.79. The minimum Gasteiger partial charge on any atom is -0.406 e. The number of halogens is 3. The van der Waals surface area contributed by atoms with Crippen LogP contribution in [0.25, 0.3) is 22.6 Å². The third kappa shape index (κ3) is 5.51. The zero-order valence-electron chi connectivity index (χ0n) is 15.7. The van der Waals surface area contributed by atoms with Crippen LogP contribution in [0.4, 0.5) is 13.2 Å². The molecule has 1 atom stereocenters. The third-order valence-corrected chi connectivity index (χ3v) is 3.91. The molecule has 2 N–H and O–H groups in total. The highest BCUT2D eigenvalue weighted by molar-refractivity contribution is 5.94. The first-order valence-corrected chi connectivity index (χ1v) is 8.82. The topological polar surface area (TPSA) is 97.2 Å². The molecule has 1 amide bonds. The number of pyridine rings is 1. The SMILES string of the molecule is C[C@H](CO)NC(=O)c1cc(-c2ccc(OC(F)(F)F)cc2)nc(-c2cccnc2)n1. The number of carbonyl (C=O) groups excluding carboxylic acids is 1. The fourth-order valence-corrected chi connectivity index (χ4v) is 2.51. The maximum absolute atomic E-state index is 12.5. The number of aliphatic hydroxyl groups is 1. The molecule has 10 heteroatoms. The van der Waals surface area contributed by atoms with Crippen LogP contribution in [0, 0.1) is 0 Å². The average Bonchev–Trinajstić information content (AvgIpc) is 2.73. The van der Waals surface area contributed by atoms with Crippen molar-refractivity contribution in [2.24, 2.45) is 0 Å². The summed E-state index contributed by atoms with van der Waals surface area (Å²) < 4.78 is 41.0. The van der Waals surface area contributed by atoms with Crippen LogP contribution in [-0.2, 0) is 0 Å². The number of amides is 1. The van der Waals surface area contributed by atoms with E-state index < -0.39 is 18.3 Å². The Bertz CT molecular complexity index is 1010. The summed E-state index contributed by atoms with van der Waals surface area (Å²) in [4.78, 5) is 25.2. The second kappa shape index (κ2) is 8.87. The average molecular weight is 418 g/mol. The van der Waals surface area contributed by atoms with Crippen molar-refractivity contribution in [2.75, 3.05) is 6.61 Å².